The van der Waals surface area contributed by atoms with Crippen molar-refractivity contribution in [2.75, 3.05) is 43.4 Å². The third-order valence-electron chi connectivity index (χ3n) is 4.00. The standard InChI is InChI=1S/C14H24N4O2S/c1-4-10(3)17-6-8-18(9-7-17)13-11(12(15)16-21-13)14(19)20-5-2/h10H,4-9H2,1-3H3,(H2,15,16). The van der Waals surface area contributed by atoms with Crippen LogP contribution in [-0.2, 0) is 4.74 Å². The minimum absolute atomic E-state index is 0.276. The summed E-state index contributed by atoms with van der Waals surface area (Å²) >= 11 is 1.28. The predicted molar refractivity (Wildman–Crippen MR) is 86.0 cm³/mol. The van der Waals surface area contributed by atoms with Gasteiger partial charge < -0.3 is 15.4 Å². The Bertz CT molecular complexity index is 483. The van der Waals surface area contributed by atoms with Crippen LogP contribution in [0.4, 0.5) is 10.8 Å². The fraction of sp³-hybridized carbons (Fsp3) is 0.714. The summed E-state index contributed by atoms with van der Waals surface area (Å²) in [6.07, 6.45) is 1.15. The van der Waals surface area contributed by atoms with Gasteiger partial charge in [-0.2, -0.15) is 4.37 Å². The van der Waals surface area contributed by atoms with Crippen LogP contribution in [0.2, 0.25) is 0 Å². The number of nitrogens with zero attached hydrogens (tertiary/aromatic N) is 3. The van der Waals surface area contributed by atoms with E-state index >= 15 is 0 Å². The number of anilines is 2. The van der Waals surface area contributed by atoms with Crippen LogP contribution in [0.15, 0.2) is 0 Å². The Kier molecular flexibility index (Phi) is 5.41. The number of hydrogen-bond acceptors (Lipinski definition) is 7. The highest BCUT2D eigenvalue weighted by Gasteiger charge is 2.27. The third kappa shape index (κ3) is 3.47. The highest BCUT2D eigenvalue weighted by Crippen LogP contribution is 2.32. The maximum Gasteiger partial charge on any atom is 0.345 e. The Labute approximate surface area is 130 Å². The molecule has 0 bridgehead atoms. The number of piperazine rings is 1. The number of nitrogens with two attached hydrogens (primary N) is 1. The van der Waals surface area contributed by atoms with Gasteiger partial charge in [-0.1, -0.05) is 6.92 Å². The monoisotopic (exact) mass is 312 g/mol. The van der Waals surface area contributed by atoms with Gasteiger partial charge in [-0.15, -0.1) is 0 Å². The average molecular weight is 312 g/mol. The number of rotatable bonds is 5. The molecule has 1 aromatic heterocycles. The van der Waals surface area contributed by atoms with Crippen molar-refractivity contribution in [1.29, 1.82) is 0 Å². The lowest BCUT2D eigenvalue weighted by atomic mass is 10.2. The molecule has 0 saturated carbocycles. The molecular weight excluding hydrogens is 288 g/mol. The summed E-state index contributed by atoms with van der Waals surface area (Å²) in [6.45, 7) is 10.4. The zero-order valence-corrected chi connectivity index (χ0v) is 13.8. The third-order valence-corrected chi connectivity index (χ3v) is 4.92. The second-order valence-electron chi connectivity index (χ2n) is 5.25. The van der Waals surface area contributed by atoms with Crippen LogP contribution in [0, 0.1) is 0 Å². The molecule has 2 N–H and O–H groups in total. The molecule has 1 aliphatic rings. The van der Waals surface area contributed by atoms with E-state index in [2.05, 4.69) is 28.0 Å². The molecule has 1 aliphatic heterocycles. The first kappa shape index (κ1) is 16.0. The van der Waals surface area contributed by atoms with Crippen LogP contribution in [0.5, 0.6) is 0 Å². The van der Waals surface area contributed by atoms with Crippen molar-refractivity contribution in [2.24, 2.45) is 0 Å². The summed E-state index contributed by atoms with van der Waals surface area (Å²) in [6, 6.07) is 0.600. The number of hydrogen-bond donors (Lipinski definition) is 1. The molecule has 1 atom stereocenters. The van der Waals surface area contributed by atoms with E-state index in [1.165, 1.54) is 11.5 Å². The van der Waals surface area contributed by atoms with E-state index in [4.69, 9.17) is 10.5 Å². The molecule has 0 aliphatic carbocycles. The van der Waals surface area contributed by atoms with E-state index in [1.807, 2.05) is 0 Å². The molecule has 1 fully saturated rings. The van der Waals surface area contributed by atoms with Gasteiger partial charge in [-0.25, -0.2) is 4.79 Å². The van der Waals surface area contributed by atoms with Gasteiger partial charge in [-0.3, -0.25) is 4.90 Å². The molecule has 6 nitrogen and oxygen atoms in total. The number of esters is 1. The summed E-state index contributed by atoms with van der Waals surface area (Å²) in [5.41, 5.74) is 6.27. The molecule has 0 spiro atoms. The van der Waals surface area contributed by atoms with Crippen LogP contribution < -0.4 is 10.6 Å². The van der Waals surface area contributed by atoms with Gasteiger partial charge in [-0.05, 0) is 31.8 Å². The zero-order valence-electron chi connectivity index (χ0n) is 13.0. The summed E-state index contributed by atoms with van der Waals surface area (Å²) in [5.74, 6) is -0.0964. The topological polar surface area (TPSA) is 71.7 Å². The van der Waals surface area contributed by atoms with Crippen molar-refractivity contribution in [3.8, 4) is 0 Å². The second-order valence-corrected chi connectivity index (χ2v) is 6.00. The van der Waals surface area contributed by atoms with Gasteiger partial charge >= 0.3 is 5.97 Å². The summed E-state index contributed by atoms with van der Waals surface area (Å²) in [4.78, 5) is 16.7. The quantitative estimate of drug-likeness (QED) is 0.836. The Morgan fingerprint density at radius 3 is 2.62 bits per heavy atom. The Balaban J connectivity index is 2.09. The molecule has 1 unspecified atom stereocenters. The molecule has 0 amide bonds. The Morgan fingerprint density at radius 2 is 2.05 bits per heavy atom. The largest absolute Gasteiger partial charge is 0.462 e. The smallest absolute Gasteiger partial charge is 0.345 e. The van der Waals surface area contributed by atoms with Crippen molar-refractivity contribution in [2.45, 2.75) is 33.2 Å². The van der Waals surface area contributed by atoms with E-state index in [-0.39, 0.29) is 11.8 Å². The molecule has 7 heteroatoms. The van der Waals surface area contributed by atoms with Gasteiger partial charge in [0.05, 0.1) is 6.61 Å². The molecular formula is C14H24N4O2S. The fourth-order valence-electron chi connectivity index (χ4n) is 2.53. The van der Waals surface area contributed by atoms with Gasteiger partial charge in [0.1, 0.15) is 10.6 Å². The minimum Gasteiger partial charge on any atom is -0.462 e. The first-order valence-corrected chi connectivity index (χ1v) is 8.27. The van der Waals surface area contributed by atoms with Crippen molar-refractivity contribution < 1.29 is 9.53 Å². The Hall–Kier alpha value is -1.34. The van der Waals surface area contributed by atoms with E-state index in [0.717, 1.165) is 37.6 Å². The van der Waals surface area contributed by atoms with E-state index in [0.29, 0.717) is 18.2 Å². The summed E-state index contributed by atoms with van der Waals surface area (Å²) in [7, 11) is 0. The maximum absolute atomic E-state index is 12.0. The normalized spacial score (nSPS) is 17.8. The number of carbonyl (C=O) groups excluding carboxylic acids is 1. The molecule has 0 aromatic carbocycles. The Morgan fingerprint density at radius 1 is 1.38 bits per heavy atom. The molecule has 2 heterocycles. The second kappa shape index (κ2) is 7.09. The lowest BCUT2D eigenvalue weighted by molar-refractivity contribution is 0.0528. The number of carbonyl (C=O) groups is 1. The van der Waals surface area contributed by atoms with Gasteiger partial charge in [0.2, 0.25) is 0 Å². The molecule has 2 rings (SSSR count). The highest BCUT2D eigenvalue weighted by atomic mass is 32.1. The van der Waals surface area contributed by atoms with Crippen molar-refractivity contribution in [1.82, 2.24) is 9.27 Å². The molecule has 1 saturated heterocycles. The summed E-state index contributed by atoms with van der Waals surface area (Å²) in [5, 5.41) is 0.842. The zero-order chi connectivity index (χ0) is 15.4. The predicted octanol–water partition coefficient (Wildman–Crippen LogP) is 1.82. The van der Waals surface area contributed by atoms with E-state index in [1.54, 1.807) is 6.92 Å². The summed E-state index contributed by atoms with van der Waals surface area (Å²) < 4.78 is 9.21. The van der Waals surface area contributed by atoms with Crippen LogP contribution in [0.1, 0.15) is 37.6 Å². The lowest BCUT2D eigenvalue weighted by Gasteiger charge is -2.38. The van der Waals surface area contributed by atoms with Crippen LogP contribution >= 0.6 is 11.5 Å². The van der Waals surface area contributed by atoms with Crippen LogP contribution in [0.3, 0.4) is 0 Å². The van der Waals surface area contributed by atoms with Gasteiger partial charge in [0.15, 0.2) is 5.82 Å². The van der Waals surface area contributed by atoms with Crippen molar-refractivity contribution in [3.63, 3.8) is 0 Å². The van der Waals surface area contributed by atoms with E-state index in [9.17, 15) is 4.79 Å². The maximum atomic E-state index is 12.0. The van der Waals surface area contributed by atoms with Gasteiger partial charge in [0.25, 0.3) is 0 Å². The van der Waals surface area contributed by atoms with Crippen LogP contribution in [-0.4, -0.2) is 54.1 Å². The van der Waals surface area contributed by atoms with E-state index < -0.39 is 0 Å². The molecule has 1 aromatic rings. The average Bonchev–Trinajstić information content (AvgIpc) is 2.88. The van der Waals surface area contributed by atoms with Crippen LogP contribution in [0.25, 0.3) is 0 Å². The number of nitrogen functional groups attached to an aromatic ring is 1. The first-order valence-electron chi connectivity index (χ1n) is 7.49. The fourth-order valence-corrected chi connectivity index (χ4v) is 3.38. The molecule has 21 heavy (non-hydrogen) atoms. The number of ether oxygens (including phenoxy) is 1. The van der Waals surface area contributed by atoms with Gasteiger partial charge in [0, 0.05) is 32.2 Å². The van der Waals surface area contributed by atoms with Crippen molar-refractivity contribution in [3.05, 3.63) is 5.56 Å². The molecule has 0 radical (unpaired) electrons. The first-order chi connectivity index (χ1) is 10.1. The minimum atomic E-state index is -0.372. The number of aromatic nitrogens is 1. The SMILES string of the molecule is CCOC(=O)c1c(N)nsc1N1CCN(C(C)CC)CC1. The molecule has 118 valence electrons. The van der Waals surface area contributed by atoms with Crippen molar-refractivity contribution >= 4 is 28.3 Å². The lowest BCUT2D eigenvalue weighted by Crippen LogP contribution is -2.49. The highest BCUT2D eigenvalue weighted by molar-refractivity contribution is 7.11.